The number of hydrogen-bond donors (Lipinski definition) is 3. The molecular weight excluding hydrogens is 590 g/mol. The van der Waals surface area contributed by atoms with E-state index in [4.69, 9.17) is 4.98 Å². The Bertz CT molecular complexity index is 2200. The number of nitrogens with one attached hydrogen (secondary N) is 2. The normalized spacial score (nSPS) is 12.0. The minimum Gasteiger partial charge on any atom is -0.508 e. The van der Waals surface area contributed by atoms with Crippen molar-refractivity contribution in [2.45, 2.75) is 38.6 Å². The molecule has 3 heterocycles. The number of aromatic amines is 1. The molecule has 0 aliphatic heterocycles. The summed E-state index contributed by atoms with van der Waals surface area (Å²) in [6.07, 6.45) is 2.97. The molecule has 9 nitrogen and oxygen atoms in total. The highest BCUT2D eigenvalue weighted by molar-refractivity contribution is 5.90. The maximum absolute atomic E-state index is 14.3. The molecule has 1 amide bonds. The molecule has 0 radical (unpaired) electrons. The van der Waals surface area contributed by atoms with Gasteiger partial charge >= 0.3 is 0 Å². The van der Waals surface area contributed by atoms with Gasteiger partial charge < -0.3 is 15.4 Å². The summed E-state index contributed by atoms with van der Waals surface area (Å²) in [5.41, 5.74) is 2.76. The lowest BCUT2D eigenvalue weighted by Crippen LogP contribution is -2.36. The van der Waals surface area contributed by atoms with Crippen LogP contribution in [0, 0.1) is 23.0 Å². The number of hydrogen-bond acceptors (Lipinski definition) is 6. The van der Waals surface area contributed by atoms with Crippen molar-refractivity contribution in [3.63, 3.8) is 0 Å². The largest absolute Gasteiger partial charge is 0.508 e. The molecule has 0 saturated carbocycles. The molecule has 0 unspecified atom stereocenters. The lowest BCUT2D eigenvalue weighted by atomic mass is 10.0. The first kappa shape index (κ1) is 30.1. The summed E-state index contributed by atoms with van der Waals surface area (Å²) >= 11 is 0. The van der Waals surface area contributed by atoms with Crippen molar-refractivity contribution in [3.05, 3.63) is 129 Å². The van der Waals surface area contributed by atoms with E-state index in [0.29, 0.717) is 16.6 Å². The molecule has 0 aliphatic rings. The SMILES string of the molecule is CC(C)c1ccc(-n2c([C@H](Cc3cc(F)cc(F)c3)NC(=O)Cc3c[nH]c4ccc(O)cc34)nc3cc(C#N)ccc3c2=O)cn1. The van der Waals surface area contributed by atoms with Gasteiger partial charge in [0.05, 0.1) is 46.9 Å². The van der Waals surface area contributed by atoms with Crippen molar-refractivity contribution in [1.82, 2.24) is 24.8 Å². The molecule has 1 atom stereocenters. The lowest BCUT2D eigenvalue weighted by molar-refractivity contribution is -0.121. The van der Waals surface area contributed by atoms with E-state index in [0.717, 1.165) is 29.4 Å². The fourth-order valence-electron chi connectivity index (χ4n) is 5.53. The van der Waals surface area contributed by atoms with Crippen LogP contribution in [0.3, 0.4) is 0 Å². The van der Waals surface area contributed by atoms with E-state index in [-0.39, 0.29) is 52.4 Å². The molecule has 0 fully saturated rings. The van der Waals surface area contributed by atoms with Crippen LogP contribution in [0.2, 0.25) is 0 Å². The van der Waals surface area contributed by atoms with Crippen LogP contribution in [0.15, 0.2) is 83.9 Å². The number of aromatic nitrogens is 4. The Kier molecular flexibility index (Phi) is 8.03. The van der Waals surface area contributed by atoms with Gasteiger partial charge in [-0.25, -0.2) is 13.8 Å². The zero-order valence-corrected chi connectivity index (χ0v) is 24.9. The van der Waals surface area contributed by atoms with Gasteiger partial charge in [0.1, 0.15) is 23.2 Å². The van der Waals surface area contributed by atoms with E-state index in [1.54, 1.807) is 30.5 Å². The molecule has 3 aromatic carbocycles. The number of fused-ring (bicyclic) bond motifs is 2. The van der Waals surface area contributed by atoms with Crippen molar-refractivity contribution in [1.29, 1.82) is 5.26 Å². The Labute approximate surface area is 261 Å². The first-order valence-corrected chi connectivity index (χ1v) is 14.6. The number of phenols is 1. The first-order valence-electron chi connectivity index (χ1n) is 14.6. The summed E-state index contributed by atoms with van der Waals surface area (Å²) in [5, 5.41) is 23.3. The van der Waals surface area contributed by atoms with Crippen molar-refractivity contribution in [2.24, 2.45) is 0 Å². The molecule has 6 aromatic rings. The molecule has 3 N–H and O–H groups in total. The Morgan fingerprint density at radius 2 is 1.83 bits per heavy atom. The average molecular weight is 619 g/mol. The summed E-state index contributed by atoms with van der Waals surface area (Å²) in [4.78, 5) is 40.1. The third kappa shape index (κ3) is 6.05. The molecule has 0 aliphatic carbocycles. The molecule has 0 saturated heterocycles. The average Bonchev–Trinajstić information content (AvgIpc) is 3.41. The monoisotopic (exact) mass is 618 g/mol. The number of carbonyl (C=O) groups is 1. The highest BCUT2D eigenvalue weighted by Crippen LogP contribution is 2.26. The van der Waals surface area contributed by atoms with Gasteiger partial charge in [0.2, 0.25) is 5.91 Å². The van der Waals surface area contributed by atoms with Gasteiger partial charge in [-0.3, -0.25) is 19.1 Å². The highest BCUT2D eigenvalue weighted by Gasteiger charge is 2.25. The minimum atomic E-state index is -1.06. The van der Waals surface area contributed by atoms with Crippen LogP contribution >= 0.6 is 0 Å². The third-order valence-electron chi connectivity index (χ3n) is 7.76. The Hall–Kier alpha value is -5.89. The van der Waals surface area contributed by atoms with Crippen LogP contribution < -0.4 is 10.9 Å². The first-order chi connectivity index (χ1) is 22.1. The van der Waals surface area contributed by atoms with Crippen LogP contribution in [0.25, 0.3) is 27.5 Å². The van der Waals surface area contributed by atoms with E-state index in [1.807, 2.05) is 19.9 Å². The summed E-state index contributed by atoms with van der Waals surface area (Å²) < 4.78 is 30.0. The van der Waals surface area contributed by atoms with Gasteiger partial charge in [-0.1, -0.05) is 13.8 Å². The second kappa shape index (κ2) is 12.2. The van der Waals surface area contributed by atoms with Crippen LogP contribution in [0.1, 0.15) is 54.0 Å². The Morgan fingerprint density at radius 1 is 1.04 bits per heavy atom. The van der Waals surface area contributed by atoms with E-state index in [9.17, 15) is 28.7 Å². The molecule has 6 rings (SSSR count). The zero-order chi connectivity index (χ0) is 32.5. The standard InChI is InChI=1S/C35H28F2N6O3/c1-19(2)29-7-4-25(18-40-29)43-34(42-31-11-20(16-38)3-6-27(31)35(43)46)32(12-21-9-23(36)14-24(37)10-21)41-33(45)13-22-17-39-30-8-5-26(44)15-28(22)30/h3-11,14-15,17-19,32,39,44H,12-13H2,1-2H3,(H,41,45)/t32-/m0/s1. The summed E-state index contributed by atoms with van der Waals surface area (Å²) in [7, 11) is 0. The Morgan fingerprint density at radius 3 is 2.52 bits per heavy atom. The molecule has 230 valence electrons. The van der Waals surface area contributed by atoms with E-state index in [1.165, 1.54) is 35.0 Å². The quantitative estimate of drug-likeness (QED) is 0.195. The fraction of sp³-hybridized carbons (Fsp3) is 0.171. The maximum Gasteiger partial charge on any atom is 0.266 e. The smallest absolute Gasteiger partial charge is 0.266 e. The number of aromatic hydroxyl groups is 1. The van der Waals surface area contributed by atoms with E-state index in [2.05, 4.69) is 15.3 Å². The molecule has 0 spiro atoms. The van der Waals surface area contributed by atoms with E-state index >= 15 is 0 Å². The van der Waals surface area contributed by atoms with Gasteiger partial charge in [0, 0.05) is 35.3 Å². The van der Waals surface area contributed by atoms with Gasteiger partial charge in [0.15, 0.2) is 0 Å². The van der Waals surface area contributed by atoms with Gasteiger partial charge in [0.25, 0.3) is 5.56 Å². The number of nitrogens with zero attached hydrogens (tertiary/aromatic N) is 4. The van der Waals surface area contributed by atoms with Crippen LogP contribution in [0.5, 0.6) is 5.75 Å². The maximum atomic E-state index is 14.3. The minimum absolute atomic E-state index is 0.0398. The predicted molar refractivity (Wildman–Crippen MR) is 169 cm³/mol. The number of rotatable bonds is 8. The van der Waals surface area contributed by atoms with Crippen LogP contribution in [-0.2, 0) is 17.6 Å². The second-order valence-electron chi connectivity index (χ2n) is 11.4. The number of halogens is 2. The number of H-pyrrole nitrogens is 1. The fourth-order valence-corrected chi connectivity index (χ4v) is 5.53. The van der Waals surface area contributed by atoms with Crippen molar-refractivity contribution >= 4 is 27.7 Å². The summed E-state index contributed by atoms with van der Waals surface area (Å²) in [6.45, 7) is 3.98. The predicted octanol–water partition coefficient (Wildman–Crippen LogP) is 5.88. The van der Waals surface area contributed by atoms with E-state index < -0.39 is 29.1 Å². The number of amides is 1. The third-order valence-corrected chi connectivity index (χ3v) is 7.76. The van der Waals surface area contributed by atoms with Crippen LogP contribution in [-0.4, -0.2) is 30.5 Å². The topological polar surface area (TPSA) is 137 Å². The van der Waals surface area contributed by atoms with Crippen molar-refractivity contribution in [3.8, 4) is 17.5 Å². The number of carbonyl (C=O) groups excluding carboxylic acids is 1. The van der Waals surface area contributed by atoms with Crippen LogP contribution in [0.4, 0.5) is 8.78 Å². The molecule has 3 aromatic heterocycles. The molecule has 0 bridgehead atoms. The van der Waals surface area contributed by atoms with Gasteiger partial charge in [-0.2, -0.15) is 5.26 Å². The Balaban J connectivity index is 1.50. The number of pyridine rings is 1. The zero-order valence-electron chi connectivity index (χ0n) is 24.9. The number of benzene rings is 3. The summed E-state index contributed by atoms with van der Waals surface area (Å²) in [5.74, 6) is -1.81. The number of phenolic OH excluding ortho intramolecular Hbond substituents is 1. The van der Waals surface area contributed by atoms with Crippen molar-refractivity contribution in [2.75, 3.05) is 0 Å². The van der Waals surface area contributed by atoms with Crippen molar-refractivity contribution < 1.29 is 18.7 Å². The molecular formula is C35H28F2N6O3. The van der Waals surface area contributed by atoms with Gasteiger partial charge in [-0.15, -0.1) is 0 Å². The lowest BCUT2D eigenvalue weighted by Gasteiger charge is -2.23. The van der Waals surface area contributed by atoms with Gasteiger partial charge in [-0.05, 0) is 77.7 Å². The second-order valence-corrected chi connectivity index (χ2v) is 11.4. The molecule has 46 heavy (non-hydrogen) atoms. The highest BCUT2D eigenvalue weighted by atomic mass is 19.1. The summed E-state index contributed by atoms with van der Waals surface area (Å²) in [6, 6.07) is 16.8. The number of nitriles is 1. The molecule has 11 heteroatoms.